The van der Waals surface area contributed by atoms with Gasteiger partial charge in [-0.25, -0.2) is 0 Å². The molecular formula is C18H27N3O4S. The van der Waals surface area contributed by atoms with Gasteiger partial charge in [0.2, 0.25) is 5.91 Å². The Bertz CT molecular complexity index is 704. The van der Waals surface area contributed by atoms with Crippen LogP contribution in [0.5, 0.6) is 0 Å². The summed E-state index contributed by atoms with van der Waals surface area (Å²) in [7, 11) is -3.56. The van der Waals surface area contributed by atoms with Crippen LogP contribution in [0.4, 0.5) is 0 Å². The third-order valence-corrected chi connectivity index (χ3v) is 7.04. The summed E-state index contributed by atoms with van der Waals surface area (Å²) in [5.74, 6) is 0.0142. The Morgan fingerprint density at radius 1 is 1.08 bits per heavy atom. The largest absolute Gasteiger partial charge is 0.379 e. The lowest BCUT2D eigenvalue weighted by Gasteiger charge is -2.34. The molecule has 2 aliphatic heterocycles. The molecule has 2 saturated heterocycles. The molecule has 26 heavy (non-hydrogen) atoms. The third-order valence-electron chi connectivity index (χ3n) is 5.04. The maximum atomic E-state index is 13.0. The second-order valence-corrected chi connectivity index (χ2v) is 8.62. The van der Waals surface area contributed by atoms with Crippen molar-refractivity contribution in [1.29, 1.82) is 0 Å². The van der Waals surface area contributed by atoms with Gasteiger partial charge in [0.05, 0.1) is 13.2 Å². The van der Waals surface area contributed by atoms with Crippen LogP contribution in [0.3, 0.4) is 0 Å². The molecule has 2 heterocycles. The summed E-state index contributed by atoms with van der Waals surface area (Å²) >= 11 is 0. The summed E-state index contributed by atoms with van der Waals surface area (Å²) in [4.78, 5) is 14.5. The van der Waals surface area contributed by atoms with E-state index in [4.69, 9.17) is 4.74 Å². The van der Waals surface area contributed by atoms with Gasteiger partial charge in [0.1, 0.15) is 0 Å². The van der Waals surface area contributed by atoms with Gasteiger partial charge in [-0.15, -0.1) is 0 Å². The fraction of sp³-hybridized carbons (Fsp3) is 0.611. The Labute approximate surface area is 155 Å². The van der Waals surface area contributed by atoms with E-state index in [1.807, 2.05) is 42.2 Å². The summed E-state index contributed by atoms with van der Waals surface area (Å²) in [6.45, 7) is 4.68. The van der Waals surface area contributed by atoms with Crippen LogP contribution in [0.25, 0.3) is 0 Å². The van der Waals surface area contributed by atoms with E-state index in [1.165, 1.54) is 8.61 Å². The molecule has 2 aliphatic rings. The molecule has 144 valence electrons. The van der Waals surface area contributed by atoms with Crippen molar-refractivity contribution < 1.29 is 17.9 Å². The van der Waals surface area contributed by atoms with Crippen LogP contribution in [0, 0.1) is 0 Å². The number of amides is 1. The molecule has 0 spiro atoms. The fourth-order valence-electron chi connectivity index (χ4n) is 3.49. The minimum atomic E-state index is -3.56. The lowest BCUT2D eigenvalue weighted by atomic mass is 10.1. The Morgan fingerprint density at radius 3 is 2.42 bits per heavy atom. The summed E-state index contributed by atoms with van der Waals surface area (Å²) in [6, 6.07) is 9.71. The maximum Gasteiger partial charge on any atom is 0.282 e. The average Bonchev–Trinajstić information content (AvgIpc) is 2.83. The molecule has 0 N–H and O–H groups in total. The van der Waals surface area contributed by atoms with Crippen molar-refractivity contribution >= 4 is 16.1 Å². The van der Waals surface area contributed by atoms with Gasteiger partial charge in [0, 0.05) is 45.2 Å². The number of carbonyl (C=O) groups excluding carboxylic acids is 1. The average molecular weight is 381 g/mol. The van der Waals surface area contributed by atoms with Crippen LogP contribution in [0.2, 0.25) is 0 Å². The molecule has 0 aliphatic carbocycles. The van der Waals surface area contributed by atoms with Gasteiger partial charge >= 0.3 is 0 Å². The molecule has 3 rings (SSSR count). The summed E-state index contributed by atoms with van der Waals surface area (Å²) in [6.07, 6.45) is 0.931. The highest BCUT2D eigenvalue weighted by Gasteiger charge is 2.37. The molecule has 0 aromatic heterocycles. The van der Waals surface area contributed by atoms with Crippen LogP contribution in [-0.4, -0.2) is 73.3 Å². The van der Waals surface area contributed by atoms with E-state index < -0.39 is 10.2 Å². The Balaban J connectivity index is 1.77. The smallest absolute Gasteiger partial charge is 0.282 e. The Morgan fingerprint density at radius 2 is 1.77 bits per heavy atom. The number of ether oxygens (including phenoxy) is 1. The molecule has 2 fully saturated rings. The molecule has 8 heteroatoms. The summed E-state index contributed by atoms with van der Waals surface area (Å²) in [5.41, 5.74) is 1.06. The zero-order valence-corrected chi connectivity index (χ0v) is 16.0. The number of nitrogens with zero attached hydrogens (tertiary/aromatic N) is 3. The second kappa shape index (κ2) is 8.47. The number of carbonyl (C=O) groups is 1. The quantitative estimate of drug-likeness (QED) is 0.765. The van der Waals surface area contributed by atoms with Crippen LogP contribution in [0.15, 0.2) is 30.3 Å². The molecule has 0 saturated carbocycles. The van der Waals surface area contributed by atoms with Crippen LogP contribution in [-0.2, 0) is 26.3 Å². The summed E-state index contributed by atoms with van der Waals surface area (Å²) in [5, 5.41) is 0. The van der Waals surface area contributed by atoms with Gasteiger partial charge in [-0.1, -0.05) is 37.3 Å². The highest BCUT2D eigenvalue weighted by Crippen LogP contribution is 2.21. The van der Waals surface area contributed by atoms with Crippen LogP contribution in [0.1, 0.15) is 25.3 Å². The van der Waals surface area contributed by atoms with Gasteiger partial charge in [-0.2, -0.15) is 17.0 Å². The predicted octanol–water partition coefficient (Wildman–Crippen LogP) is 1.08. The first-order valence-electron chi connectivity index (χ1n) is 9.18. The van der Waals surface area contributed by atoms with Gasteiger partial charge in [0.25, 0.3) is 10.2 Å². The van der Waals surface area contributed by atoms with Gasteiger partial charge < -0.3 is 9.64 Å². The van der Waals surface area contributed by atoms with Crippen LogP contribution >= 0.6 is 0 Å². The number of morpholine rings is 1. The lowest BCUT2D eigenvalue weighted by Crippen LogP contribution is -2.51. The van der Waals surface area contributed by atoms with Crippen molar-refractivity contribution in [2.24, 2.45) is 0 Å². The third kappa shape index (κ3) is 4.25. The van der Waals surface area contributed by atoms with Crippen molar-refractivity contribution in [2.45, 2.75) is 32.4 Å². The van der Waals surface area contributed by atoms with E-state index in [0.29, 0.717) is 45.8 Å². The first-order chi connectivity index (χ1) is 12.5. The second-order valence-electron chi connectivity index (χ2n) is 6.70. The molecule has 1 atom stereocenters. The van der Waals surface area contributed by atoms with Gasteiger partial charge in [-0.3, -0.25) is 4.79 Å². The zero-order chi connectivity index (χ0) is 18.6. The van der Waals surface area contributed by atoms with Crippen molar-refractivity contribution in [3.05, 3.63) is 35.9 Å². The van der Waals surface area contributed by atoms with Gasteiger partial charge in [0.15, 0.2) is 0 Å². The minimum Gasteiger partial charge on any atom is -0.379 e. The standard InChI is InChI=1S/C18H27N3O4S/c1-2-17-15-20(26(23,24)19-10-12-25-13-11-19)9-8-18(22)21(17)14-16-6-4-3-5-7-16/h3-7,17H,2,8-15H2,1H3/t17-/m1/s1. The van der Waals surface area contributed by atoms with Crippen molar-refractivity contribution in [3.63, 3.8) is 0 Å². The van der Waals surface area contributed by atoms with E-state index in [2.05, 4.69) is 0 Å². The predicted molar refractivity (Wildman–Crippen MR) is 98.6 cm³/mol. The van der Waals surface area contributed by atoms with Crippen molar-refractivity contribution in [3.8, 4) is 0 Å². The lowest BCUT2D eigenvalue weighted by molar-refractivity contribution is -0.133. The molecule has 0 bridgehead atoms. The first kappa shape index (κ1) is 19.3. The molecule has 1 aromatic rings. The number of hydrogen-bond acceptors (Lipinski definition) is 4. The van der Waals surface area contributed by atoms with Crippen molar-refractivity contribution in [1.82, 2.24) is 13.5 Å². The zero-order valence-electron chi connectivity index (χ0n) is 15.2. The van der Waals surface area contributed by atoms with E-state index in [1.54, 1.807) is 0 Å². The number of hydrogen-bond donors (Lipinski definition) is 0. The minimum absolute atomic E-state index is 0.0142. The number of benzene rings is 1. The first-order valence-corrected chi connectivity index (χ1v) is 10.6. The van der Waals surface area contributed by atoms with Crippen molar-refractivity contribution in [2.75, 3.05) is 39.4 Å². The number of rotatable bonds is 5. The molecule has 1 aromatic carbocycles. The van der Waals surface area contributed by atoms with Gasteiger partial charge in [-0.05, 0) is 12.0 Å². The van der Waals surface area contributed by atoms with E-state index in [9.17, 15) is 13.2 Å². The van der Waals surface area contributed by atoms with Crippen LogP contribution < -0.4 is 0 Å². The molecule has 0 unspecified atom stereocenters. The monoisotopic (exact) mass is 381 g/mol. The molecule has 7 nitrogen and oxygen atoms in total. The summed E-state index contributed by atoms with van der Waals surface area (Å²) < 4.78 is 34.2. The fourth-order valence-corrected chi connectivity index (χ4v) is 5.11. The molecular weight excluding hydrogens is 354 g/mol. The highest BCUT2D eigenvalue weighted by atomic mass is 32.2. The van der Waals surface area contributed by atoms with E-state index in [0.717, 1.165) is 5.56 Å². The molecule has 1 amide bonds. The van der Waals surface area contributed by atoms with E-state index >= 15 is 0 Å². The van der Waals surface area contributed by atoms with E-state index in [-0.39, 0.29) is 24.9 Å². The normalized spacial score (nSPS) is 23.8. The molecule has 0 radical (unpaired) electrons. The Kier molecular flexibility index (Phi) is 6.29. The Hall–Kier alpha value is -1.48. The highest BCUT2D eigenvalue weighted by molar-refractivity contribution is 7.86. The SMILES string of the molecule is CC[C@@H]1CN(S(=O)(=O)N2CCOCC2)CCC(=O)N1Cc1ccccc1. The maximum absolute atomic E-state index is 13.0. The topological polar surface area (TPSA) is 70.2 Å².